The molecule has 1 N–H and O–H groups in total. The fourth-order valence-electron chi connectivity index (χ4n) is 3.08. The third-order valence-electron chi connectivity index (χ3n) is 5.27. The van der Waals surface area contributed by atoms with E-state index in [1.54, 1.807) is 12.1 Å². The second kappa shape index (κ2) is 11.8. The lowest BCUT2D eigenvalue weighted by molar-refractivity contribution is 0.118. The zero-order chi connectivity index (χ0) is 24.6. The van der Waals surface area contributed by atoms with Gasteiger partial charge in [0.15, 0.2) is 0 Å². The number of aryl methyl sites for hydroxylation is 1. The van der Waals surface area contributed by atoms with Crippen LogP contribution in [0.3, 0.4) is 0 Å². The SMILES string of the molecule is Cc1ccc(S(=O)(=O)OCC(CO)COc2ccc(/C=C/c3ccc(N(C)C)cc3)cc2)cc1. The van der Waals surface area contributed by atoms with Gasteiger partial charge in [-0.3, -0.25) is 4.18 Å². The van der Waals surface area contributed by atoms with Crippen LogP contribution in [0.2, 0.25) is 0 Å². The van der Waals surface area contributed by atoms with Crippen molar-refractivity contribution in [1.82, 2.24) is 0 Å². The van der Waals surface area contributed by atoms with Crippen LogP contribution in [0, 0.1) is 12.8 Å². The number of anilines is 1. The van der Waals surface area contributed by atoms with E-state index in [1.807, 2.05) is 57.4 Å². The van der Waals surface area contributed by atoms with Crippen LogP contribution in [-0.2, 0) is 14.3 Å². The number of hydrogen-bond acceptors (Lipinski definition) is 6. The van der Waals surface area contributed by atoms with Crippen LogP contribution in [0.4, 0.5) is 5.69 Å². The molecule has 0 aliphatic rings. The van der Waals surface area contributed by atoms with Gasteiger partial charge >= 0.3 is 0 Å². The van der Waals surface area contributed by atoms with Gasteiger partial charge in [0, 0.05) is 25.7 Å². The van der Waals surface area contributed by atoms with E-state index in [-0.39, 0.29) is 24.7 Å². The van der Waals surface area contributed by atoms with Crippen molar-refractivity contribution in [1.29, 1.82) is 0 Å². The van der Waals surface area contributed by atoms with Crippen molar-refractivity contribution in [3.8, 4) is 5.75 Å². The highest BCUT2D eigenvalue weighted by Crippen LogP contribution is 2.18. The third-order valence-corrected chi connectivity index (χ3v) is 6.57. The average molecular weight is 482 g/mol. The molecular formula is C27H31NO5S. The summed E-state index contributed by atoms with van der Waals surface area (Å²) in [5, 5.41) is 9.61. The van der Waals surface area contributed by atoms with E-state index in [0.29, 0.717) is 5.75 Å². The molecule has 0 saturated heterocycles. The van der Waals surface area contributed by atoms with E-state index < -0.39 is 16.0 Å². The molecule has 1 unspecified atom stereocenters. The summed E-state index contributed by atoms with van der Waals surface area (Å²) in [5.74, 6) is 0.150. The maximum absolute atomic E-state index is 12.3. The monoisotopic (exact) mass is 481 g/mol. The summed E-state index contributed by atoms with van der Waals surface area (Å²) in [6.07, 6.45) is 4.07. The number of aliphatic hydroxyl groups is 1. The van der Waals surface area contributed by atoms with Crippen molar-refractivity contribution in [3.05, 3.63) is 89.5 Å². The van der Waals surface area contributed by atoms with Crippen LogP contribution in [0.25, 0.3) is 12.2 Å². The largest absolute Gasteiger partial charge is 0.493 e. The lowest BCUT2D eigenvalue weighted by atomic mass is 10.1. The Labute approximate surface area is 202 Å². The Morgan fingerprint density at radius 3 is 1.94 bits per heavy atom. The Kier molecular flexibility index (Phi) is 8.87. The molecule has 0 aromatic heterocycles. The van der Waals surface area contributed by atoms with Gasteiger partial charge in [-0.2, -0.15) is 8.42 Å². The molecule has 7 heteroatoms. The molecule has 0 aliphatic heterocycles. The Morgan fingerprint density at radius 1 is 0.853 bits per heavy atom. The highest BCUT2D eigenvalue weighted by Gasteiger charge is 2.18. The Hall–Kier alpha value is -3.13. The van der Waals surface area contributed by atoms with E-state index in [2.05, 4.69) is 29.2 Å². The summed E-state index contributed by atoms with van der Waals surface area (Å²) in [6.45, 7) is 1.59. The quantitative estimate of drug-likeness (QED) is 0.318. The van der Waals surface area contributed by atoms with Gasteiger partial charge in [-0.25, -0.2) is 0 Å². The van der Waals surface area contributed by atoms with Crippen LogP contribution in [-0.4, -0.2) is 47.4 Å². The summed E-state index contributed by atoms with van der Waals surface area (Å²) in [4.78, 5) is 2.15. The molecule has 3 rings (SSSR count). The molecule has 0 heterocycles. The van der Waals surface area contributed by atoms with Gasteiger partial charge in [0.2, 0.25) is 0 Å². The van der Waals surface area contributed by atoms with E-state index in [4.69, 9.17) is 8.92 Å². The summed E-state index contributed by atoms with van der Waals surface area (Å²) in [5.41, 5.74) is 4.24. The maximum Gasteiger partial charge on any atom is 0.296 e. The standard InChI is InChI=1S/C27H31NO5S/c1-21-4-16-27(17-5-21)34(30,31)33-20-24(18-29)19-32-26-14-10-23(11-15-26)7-6-22-8-12-25(13-9-22)28(2)3/h4-17,24,29H,18-20H2,1-3H3/b7-6+. The average Bonchev–Trinajstić information content (AvgIpc) is 2.84. The molecule has 180 valence electrons. The van der Waals surface area contributed by atoms with Crippen LogP contribution in [0.1, 0.15) is 16.7 Å². The second-order valence-electron chi connectivity index (χ2n) is 8.30. The first-order chi connectivity index (χ1) is 16.3. The number of hydrogen-bond donors (Lipinski definition) is 1. The number of ether oxygens (including phenoxy) is 1. The van der Waals surface area contributed by atoms with E-state index in [0.717, 1.165) is 22.4 Å². The zero-order valence-corrected chi connectivity index (χ0v) is 20.5. The molecule has 0 spiro atoms. The molecule has 6 nitrogen and oxygen atoms in total. The number of rotatable bonds is 11. The third kappa shape index (κ3) is 7.45. The number of nitrogens with zero attached hydrogens (tertiary/aromatic N) is 1. The smallest absolute Gasteiger partial charge is 0.296 e. The Balaban J connectivity index is 1.50. The first-order valence-corrected chi connectivity index (χ1v) is 12.4. The van der Waals surface area contributed by atoms with E-state index >= 15 is 0 Å². The first-order valence-electron chi connectivity index (χ1n) is 11.0. The van der Waals surface area contributed by atoms with Crippen molar-refractivity contribution >= 4 is 28.0 Å². The molecule has 0 fully saturated rings. The van der Waals surface area contributed by atoms with Gasteiger partial charge < -0.3 is 14.7 Å². The minimum atomic E-state index is -3.88. The van der Waals surface area contributed by atoms with Gasteiger partial charge in [0.25, 0.3) is 10.1 Å². The summed E-state index contributed by atoms with van der Waals surface area (Å²) < 4.78 is 35.5. The summed E-state index contributed by atoms with van der Waals surface area (Å²) in [6, 6.07) is 22.3. The van der Waals surface area contributed by atoms with Gasteiger partial charge in [0.1, 0.15) is 5.75 Å². The maximum atomic E-state index is 12.3. The highest BCUT2D eigenvalue weighted by atomic mass is 32.2. The van der Waals surface area contributed by atoms with Gasteiger partial charge in [0.05, 0.1) is 24.7 Å². The van der Waals surface area contributed by atoms with Gasteiger partial charge in [-0.15, -0.1) is 0 Å². The van der Waals surface area contributed by atoms with Gasteiger partial charge in [-0.05, 0) is 54.4 Å². The number of aliphatic hydroxyl groups excluding tert-OH is 1. The lowest BCUT2D eigenvalue weighted by Crippen LogP contribution is -2.23. The molecule has 34 heavy (non-hydrogen) atoms. The number of benzene rings is 3. The van der Waals surface area contributed by atoms with Crippen LogP contribution < -0.4 is 9.64 Å². The molecule has 3 aromatic carbocycles. The molecule has 1 atom stereocenters. The van der Waals surface area contributed by atoms with Gasteiger partial charge in [-0.1, -0.05) is 54.1 Å². The van der Waals surface area contributed by atoms with Crippen LogP contribution in [0.15, 0.2) is 77.7 Å². The minimum absolute atomic E-state index is 0.0907. The fourth-order valence-corrected chi connectivity index (χ4v) is 4.05. The molecular weight excluding hydrogens is 450 g/mol. The molecule has 0 aliphatic carbocycles. The highest BCUT2D eigenvalue weighted by molar-refractivity contribution is 7.86. The van der Waals surface area contributed by atoms with Crippen LogP contribution in [0.5, 0.6) is 5.75 Å². The summed E-state index contributed by atoms with van der Waals surface area (Å²) >= 11 is 0. The van der Waals surface area contributed by atoms with Crippen LogP contribution >= 0.6 is 0 Å². The predicted molar refractivity (Wildman–Crippen MR) is 137 cm³/mol. The predicted octanol–water partition coefficient (Wildman–Crippen LogP) is 4.62. The summed E-state index contributed by atoms with van der Waals surface area (Å²) in [7, 11) is 0.140. The molecule has 0 amide bonds. The second-order valence-corrected chi connectivity index (χ2v) is 9.91. The van der Waals surface area contributed by atoms with Crippen molar-refractivity contribution in [3.63, 3.8) is 0 Å². The molecule has 0 saturated carbocycles. The zero-order valence-electron chi connectivity index (χ0n) is 19.7. The lowest BCUT2D eigenvalue weighted by Gasteiger charge is -2.15. The topological polar surface area (TPSA) is 76.1 Å². The fraction of sp³-hybridized carbons (Fsp3) is 0.259. The Bertz CT molecular complexity index is 1170. The minimum Gasteiger partial charge on any atom is -0.493 e. The van der Waals surface area contributed by atoms with Crippen molar-refractivity contribution in [2.24, 2.45) is 5.92 Å². The molecule has 3 aromatic rings. The first kappa shape index (κ1) is 25.5. The molecule has 0 radical (unpaired) electrons. The van der Waals surface area contributed by atoms with E-state index in [1.165, 1.54) is 12.1 Å². The van der Waals surface area contributed by atoms with Crippen molar-refractivity contribution < 1.29 is 22.4 Å². The van der Waals surface area contributed by atoms with Crippen molar-refractivity contribution in [2.75, 3.05) is 38.8 Å². The Morgan fingerprint density at radius 2 is 1.41 bits per heavy atom. The molecule has 0 bridgehead atoms. The van der Waals surface area contributed by atoms with E-state index in [9.17, 15) is 13.5 Å². The van der Waals surface area contributed by atoms with Crippen molar-refractivity contribution in [2.45, 2.75) is 11.8 Å². The normalized spacial score (nSPS) is 12.6.